The van der Waals surface area contributed by atoms with Crippen LogP contribution in [-0.4, -0.2) is 48.6 Å². The molecule has 0 unspecified atom stereocenters. The van der Waals surface area contributed by atoms with E-state index in [0.29, 0.717) is 37.2 Å². The Hall–Kier alpha value is -3.08. The molecule has 1 aliphatic rings. The predicted molar refractivity (Wildman–Crippen MR) is 91.4 cm³/mol. The van der Waals surface area contributed by atoms with Crippen molar-refractivity contribution >= 4 is 18.0 Å². The van der Waals surface area contributed by atoms with Crippen LogP contribution in [0.4, 0.5) is 4.79 Å². The van der Waals surface area contributed by atoms with Crippen LogP contribution in [0.5, 0.6) is 5.75 Å². The van der Waals surface area contributed by atoms with Crippen LogP contribution in [0.25, 0.3) is 0 Å². The molecule has 1 saturated heterocycles. The molecule has 2 amide bonds. The Labute approximate surface area is 151 Å². The highest BCUT2D eigenvalue weighted by Gasteiger charge is 2.24. The van der Waals surface area contributed by atoms with Gasteiger partial charge in [-0.2, -0.15) is 5.26 Å². The fourth-order valence-corrected chi connectivity index (χ4v) is 2.67. The molecule has 0 aliphatic carbocycles. The van der Waals surface area contributed by atoms with Crippen molar-refractivity contribution in [2.45, 2.75) is 32.2 Å². The summed E-state index contributed by atoms with van der Waals surface area (Å²) in [7, 11) is 0. The molecule has 26 heavy (non-hydrogen) atoms. The second-order valence-electron chi connectivity index (χ2n) is 5.78. The van der Waals surface area contributed by atoms with Gasteiger partial charge in [-0.05, 0) is 44.0 Å². The molecule has 0 bridgehead atoms. The molecule has 0 aromatic heterocycles. The third-order valence-corrected chi connectivity index (χ3v) is 3.95. The van der Waals surface area contributed by atoms with Crippen molar-refractivity contribution < 1.29 is 23.9 Å². The molecule has 1 aliphatic heterocycles. The van der Waals surface area contributed by atoms with Crippen LogP contribution in [0.2, 0.25) is 0 Å². The largest absolute Gasteiger partial charge is 0.513 e. The lowest BCUT2D eigenvalue weighted by Crippen LogP contribution is -2.46. The third kappa shape index (κ3) is 5.48. The Morgan fingerprint density at radius 2 is 1.88 bits per heavy atom. The van der Waals surface area contributed by atoms with Gasteiger partial charge in [0, 0.05) is 24.7 Å². The number of rotatable bonds is 5. The molecule has 0 saturated carbocycles. The summed E-state index contributed by atoms with van der Waals surface area (Å²) in [5.74, 6) is -0.0946. The highest BCUT2D eigenvalue weighted by atomic mass is 16.7. The molecule has 0 spiro atoms. The van der Waals surface area contributed by atoms with E-state index in [1.807, 2.05) is 6.07 Å². The van der Waals surface area contributed by atoms with E-state index < -0.39 is 6.16 Å². The Bertz CT molecular complexity index is 688. The van der Waals surface area contributed by atoms with Gasteiger partial charge in [-0.3, -0.25) is 9.59 Å². The summed E-state index contributed by atoms with van der Waals surface area (Å²) in [6.07, 6.45) is 0.353. The third-order valence-electron chi connectivity index (χ3n) is 3.95. The van der Waals surface area contributed by atoms with E-state index in [0.717, 1.165) is 0 Å². The SMILES string of the molecule is CCOC(=O)Oc1ccc(C(=O)N2CCC(NC(=O)CC#N)CC2)cc1. The van der Waals surface area contributed by atoms with Crippen molar-refractivity contribution in [3.63, 3.8) is 0 Å². The smallest absolute Gasteiger partial charge is 0.434 e. The number of carbonyl (C=O) groups excluding carboxylic acids is 3. The maximum Gasteiger partial charge on any atom is 0.513 e. The molecule has 1 N–H and O–H groups in total. The minimum Gasteiger partial charge on any atom is -0.434 e. The van der Waals surface area contributed by atoms with Crippen LogP contribution in [0.15, 0.2) is 24.3 Å². The normalized spacial score (nSPS) is 14.2. The predicted octanol–water partition coefficient (Wildman–Crippen LogP) is 1.86. The number of ether oxygens (including phenoxy) is 2. The van der Waals surface area contributed by atoms with E-state index in [1.165, 1.54) is 0 Å². The van der Waals surface area contributed by atoms with E-state index >= 15 is 0 Å². The molecule has 0 atom stereocenters. The summed E-state index contributed by atoms with van der Waals surface area (Å²) < 4.78 is 9.64. The van der Waals surface area contributed by atoms with Gasteiger partial charge in [0.05, 0.1) is 12.7 Å². The van der Waals surface area contributed by atoms with Crippen LogP contribution in [0.1, 0.15) is 36.5 Å². The standard InChI is InChI=1S/C18H21N3O5/c1-2-25-18(24)26-15-5-3-13(4-6-15)17(23)21-11-8-14(9-12-21)20-16(22)7-10-19/h3-6,14H,2,7-9,11-12H2,1H3,(H,20,22). The van der Waals surface area contributed by atoms with Crippen molar-refractivity contribution in [3.05, 3.63) is 29.8 Å². The van der Waals surface area contributed by atoms with E-state index in [1.54, 1.807) is 36.1 Å². The van der Waals surface area contributed by atoms with Crippen molar-refractivity contribution in [2.24, 2.45) is 0 Å². The fraction of sp³-hybridized carbons (Fsp3) is 0.444. The van der Waals surface area contributed by atoms with E-state index in [9.17, 15) is 14.4 Å². The lowest BCUT2D eigenvalue weighted by molar-refractivity contribution is -0.121. The molecule has 0 radical (unpaired) electrons. The van der Waals surface area contributed by atoms with Crippen LogP contribution >= 0.6 is 0 Å². The Morgan fingerprint density at radius 3 is 2.46 bits per heavy atom. The number of amides is 2. The number of nitriles is 1. The number of piperidine rings is 1. The monoisotopic (exact) mass is 359 g/mol. The van der Waals surface area contributed by atoms with Gasteiger partial charge in [0.1, 0.15) is 12.2 Å². The van der Waals surface area contributed by atoms with Gasteiger partial charge >= 0.3 is 6.16 Å². The highest BCUT2D eigenvalue weighted by molar-refractivity contribution is 5.94. The summed E-state index contributed by atoms with van der Waals surface area (Å²) in [6.45, 7) is 2.96. The lowest BCUT2D eigenvalue weighted by atomic mass is 10.0. The number of likely N-dealkylation sites (tertiary alicyclic amines) is 1. The summed E-state index contributed by atoms with van der Waals surface area (Å²) in [5, 5.41) is 11.3. The maximum atomic E-state index is 12.5. The molecular formula is C18H21N3O5. The quantitative estimate of drug-likeness (QED) is 0.635. The molecule has 1 heterocycles. The zero-order chi connectivity index (χ0) is 18.9. The molecule has 1 aromatic carbocycles. The first-order valence-corrected chi connectivity index (χ1v) is 8.43. The van der Waals surface area contributed by atoms with Crippen LogP contribution in [0.3, 0.4) is 0 Å². The average Bonchev–Trinajstić information content (AvgIpc) is 2.63. The Morgan fingerprint density at radius 1 is 1.23 bits per heavy atom. The zero-order valence-corrected chi connectivity index (χ0v) is 14.6. The van der Waals surface area contributed by atoms with Gasteiger partial charge in [-0.15, -0.1) is 0 Å². The minimum atomic E-state index is -0.785. The average molecular weight is 359 g/mol. The van der Waals surface area contributed by atoms with Gasteiger partial charge in [-0.1, -0.05) is 0 Å². The summed E-state index contributed by atoms with van der Waals surface area (Å²) in [5.41, 5.74) is 0.494. The van der Waals surface area contributed by atoms with E-state index in [-0.39, 0.29) is 30.9 Å². The number of nitrogens with one attached hydrogen (secondary N) is 1. The number of benzene rings is 1. The first-order valence-electron chi connectivity index (χ1n) is 8.43. The van der Waals surface area contributed by atoms with Crippen molar-refractivity contribution in [1.29, 1.82) is 5.26 Å². The van der Waals surface area contributed by atoms with Crippen molar-refractivity contribution in [2.75, 3.05) is 19.7 Å². The molecule has 1 aromatic rings. The first-order chi connectivity index (χ1) is 12.5. The van der Waals surface area contributed by atoms with Crippen LogP contribution < -0.4 is 10.1 Å². The summed E-state index contributed by atoms with van der Waals surface area (Å²) in [4.78, 5) is 36.9. The summed E-state index contributed by atoms with van der Waals surface area (Å²) in [6, 6.07) is 8.07. The van der Waals surface area contributed by atoms with Crippen LogP contribution in [-0.2, 0) is 9.53 Å². The Balaban J connectivity index is 1.85. The lowest BCUT2D eigenvalue weighted by Gasteiger charge is -2.32. The molecule has 8 nitrogen and oxygen atoms in total. The zero-order valence-electron chi connectivity index (χ0n) is 14.6. The van der Waals surface area contributed by atoms with Gasteiger partial charge < -0.3 is 19.7 Å². The van der Waals surface area contributed by atoms with E-state index in [4.69, 9.17) is 10.00 Å². The van der Waals surface area contributed by atoms with Gasteiger partial charge in [-0.25, -0.2) is 4.79 Å². The first kappa shape index (κ1) is 19.2. The molecule has 1 fully saturated rings. The second-order valence-corrected chi connectivity index (χ2v) is 5.78. The second kappa shape index (κ2) is 9.42. The highest BCUT2D eigenvalue weighted by Crippen LogP contribution is 2.17. The number of hydrogen-bond acceptors (Lipinski definition) is 6. The Kier molecular flexibility index (Phi) is 6.97. The van der Waals surface area contributed by atoms with Gasteiger partial charge in [0.15, 0.2) is 0 Å². The maximum absolute atomic E-state index is 12.5. The molecule has 8 heteroatoms. The number of nitrogens with zero attached hydrogens (tertiary/aromatic N) is 2. The summed E-state index contributed by atoms with van der Waals surface area (Å²) >= 11 is 0. The van der Waals surface area contributed by atoms with Crippen molar-refractivity contribution in [3.8, 4) is 11.8 Å². The van der Waals surface area contributed by atoms with Gasteiger partial charge in [0.2, 0.25) is 5.91 Å². The number of carbonyl (C=O) groups is 3. The fourth-order valence-electron chi connectivity index (χ4n) is 2.67. The van der Waals surface area contributed by atoms with Gasteiger partial charge in [0.25, 0.3) is 5.91 Å². The molecule has 138 valence electrons. The topological polar surface area (TPSA) is 109 Å². The van der Waals surface area contributed by atoms with Crippen LogP contribution in [0, 0.1) is 11.3 Å². The molecular weight excluding hydrogens is 338 g/mol. The number of hydrogen-bond donors (Lipinski definition) is 1. The van der Waals surface area contributed by atoms with E-state index in [2.05, 4.69) is 10.1 Å². The minimum absolute atomic E-state index is 0.0137. The van der Waals surface area contributed by atoms with Crippen molar-refractivity contribution in [1.82, 2.24) is 10.2 Å². The molecule has 2 rings (SSSR count).